The first-order valence-corrected chi connectivity index (χ1v) is 12.7. The van der Waals surface area contributed by atoms with Crippen LogP contribution >= 0.6 is 0 Å². The van der Waals surface area contributed by atoms with Crippen molar-refractivity contribution in [3.05, 3.63) is 113 Å². The summed E-state index contributed by atoms with van der Waals surface area (Å²) < 4.78 is 11.5. The van der Waals surface area contributed by atoms with Crippen molar-refractivity contribution >= 4 is 17.8 Å². The first kappa shape index (κ1) is 25.4. The Morgan fingerprint density at radius 1 is 0.921 bits per heavy atom. The lowest BCUT2D eigenvalue weighted by Gasteiger charge is -2.31. The maximum absolute atomic E-state index is 13.4. The summed E-state index contributed by atoms with van der Waals surface area (Å²) in [5.74, 6) is -0.208. The second-order valence-corrected chi connectivity index (χ2v) is 9.21. The van der Waals surface area contributed by atoms with Gasteiger partial charge < -0.3 is 19.5 Å². The zero-order chi connectivity index (χ0) is 26.3. The molecule has 0 spiro atoms. The van der Waals surface area contributed by atoms with E-state index < -0.39 is 23.5 Å². The summed E-state index contributed by atoms with van der Waals surface area (Å²) in [6.45, 7) is 3.81. The van der Waals surface area contributed by atoms with E-state index in [1.165, 1.54) is 6.08 Å². The van der Waals surface area contributed by atoms with Crippen molar-refractivity contribution in [2.45, 2.75) is 6.04 Å². The molecule has 3 aromatic carbocycles. The number of ether oxygens (including phenoxy) is 2. The van der Waals surface area contributed by atoms with Gasteiger partial charge in [-0.2, -0.15) is 0 Å². The molecule has 3 aromatic rings. The largest absolute Gasteiger partial charge is 0.503 e. The van der Waals surface area contributed by atoms with Crippen LogP contribution in [0.25, 0.3) is 6.08 Å². The highest BCUT2D eigenvalue weighted by molar-refractivity contribution is 6.14. The molecule has 7 heteroatoms. The summed E-state index contributed by atoms with van der Waals surface area (Å²) in [5.41, 5.74) is 1.61. The first-order valence-electron chi connectivity index (χ1n) is 12.7. The van der Waals surface area contributed by atoms with Gasteiger partial charge in [-0.25, -0.2) is 0 Å². The molecule has 1 amide bonds. The second-order valence-electron chi connectivity index (χ2n) is 9.21. The molecule has 0 aromatic heterocycles. The van der Waals surface area contributed by atoms with Crippen molar-refractivity contribution in [3.8, 4) is 11.5 Å². The Bertz CT molecular complexity index is 1330. The average Bonchev–Trinajstić information content (AvgIpc) is 3.22. The minimum absolute atomic E-state index is 0.0704. The fourth-order valence-corrected chi connectivity index (χ4v) is 4.76. The lowest BCUT2D eigenvalue weighted by Crippen LogP contribution is -2.43. The van der Waals surface area contributed by atoms with Gasteiger partial charge in [0.2, 0.25) is 0 Å². The van der Waals surface area contributed by atoms with E-state index in [9.17, 15) is 14.7 Å². The van der Waals surface area contributed by atoms with Crippen LogP contribution in [0.2, 0.25) is 0 Å². The normalized spacial score (nSPS) is 18.4. The molecule has 2 aliphatic heterocycles. The summed E-state index contributed by atoms with van der Waals surface area (Å²) >= 11 is 0. The van der Waals surface area contributed by atoms with Crippen LogP contribution in [0.3, 0.4) is 0 Å². The van der Waals surface area contributed by atoms with E-state index in [0.717, 1.165) is 18.7 Å². The molecule has 0 saturated carbocycles. The van der Waals surface area contributed by atoms with Gasteiger partial charge in [0.05, 0.1) is 24.8 Å². The smallest absolute Gasteiger partial charge is 0.290 e. The van der Waals surface area contributed by atoms with Gasteiger partial charge in [-0.05, 0) is 41.5 Å². The number of benzene rings is 3. The number of para-hydroxylation sites is 1. The fourth-order valence-electron chi connectivity index (χ4n) is 4.76. The molecule has 1 fully saturated rings. The van der Waals surface area contributed by atoms with E-state index in [-0.39, 0.29) is 5.57 Å². The highest BCUT2D eigenvalue weighted by Crippen LogP contribution is 2.39. The molecule has 0 bridgehead atoms. The summed E-state index contributed by atoms with van der Waals surface area (Å²) in [7, 11) is 0. The molecule has 194 valence electrons. The molecule has 2 heterocycles. The molecular formula is C31H30N2O5. The number of hydrogen-bond donors (Lipinski definition) is 1. The van der Waals surface area contributed by atoms with Crippen LogP contribution < -0.4 is 4.74 Å². The fraction of sp³-hybridized carbons (Fsp3) is 0.226. The van der Waals surface area contributed by atoms with Gasteiger partial charge in [0, 0.05) is 26.2 Å². The molecule has 5 rings (SSSR count). The Morgan fingerprint density at radius 3 is 2.34 bits per heavy atom. The standard InChI is InChI=1S/C31H30N2O5/c34-27(15-14-23-8-3-1-4-9-23)28-29(24-10-7-13-26(22-24)38-25-11-5-2-6-12-25)33(31(36)30(28)35)17-16-32-18-20-37-21-19-32/h1-15,22,29,35H,16-21H2. The molecule has 1 unspecified atom stereocenters. The summed E-state index contributed by atoms with van der Waals surface area (Å²) in [6.07, 6.45) is 3.10. The third kappa shape index (κ3) is 5.85. The summed E-state index contributed by atoms with van der Waals surface area (Å²) in [4.78, 5) is 30.5. The molecule has 1 N–H and O–H groups in total. The van der Waals surface area contributed by atoms with E-state index in [4.69, 9.17) is 9.47 Å². The lowest BCUT2D eigenvalue weighted by atomic mass is 9.95. The Balaban J connectivity index is 1.45. The number of aliphatic hydroxyl groups is 1. The van der Waals surface area contributed by atoms with Crippen LogP contribution in [0.1, 0.15) is 17.2 Å². The van der Waals surface area contributed by atoms with Crippen LogP contribution in [0, 0.1) is 0 Å². The van der Waals surface area contributed by atoms with Crippen LogP contribution in [0.4, 0.5) is 0 Å². The van der Waals surface area contributed by atoms with Gasteiger partial charge in [0.15, 0.2) is 11.5 Å². The molecule has 7 nitrogen and oxygen atoms in total. The number of carbonyl (C=O) groups is 2. The van der Waals surface area contributed by atoms with Crippen LogP contribution in [-0.4, -0.2) is 66.0 Å². The Morgan fingerprint density at radius 2 is 1.61 bits per heavy atom. The molecule has 2 aliphatic rings. The maximum Gasteiger partial charge on any atom is 0.290 e. The van der Waals surface area contributed by atoms with Crippen molar-refractivity contribution in [2.75, 3.05) is 39.4 Å². The number of carbonyl (C=O) groups excluding carboxylic acids is 2. The van der Waals surface area contributed by atoms with Crippen molar-refractivity contribution in [2.24, 2.45) is 0 Å². The number of hydrogen-bond acceptors (Lipinski definition) is 6. The number of rotatable bonds is 9. The first-order chi connectivity index (χ1) is 18.6. The van der Waals surface area contributed by atoms with E-state index >= 15 is 0 Å². The number of morpholine rings is 1. The van der Waals surface area contributed by atoms with Gasteiger partial charge in [-0.15, -0.1) is 0 Å². The topological polar surface area (TPSA) is 79.3 Å². The number of nitrogens with zero attached hydrogens (tertiary/aromatic N) is 2. The molecular weight excluding hydrogens is 480 g/mol. The lowest BCUT2D eigenvalue weighted by molar-refractivity contribution is -0.129. The van der Waals surface area contributed by atoms with Crippen LogP contribution in [0.5, 0.6) is 11.5 Å². The zero-order valence-electron chi connectivity index (χ0n) is 21.0. The van der Waals surface area contributed by atoms with Gasteiger partial charge in [0.1, 0.15) is 11.5 Å². The molecule has 0 radical (unpaired) electrons. The third-order valence-electron chi connectivity index (χ3n) is 6.71. The monoisotopic (exact) mass is 510 g/mol. The zero-order valence-corrected chi connectivity index (χ0v) is 21.0. The maximum atomic E-state index is 13.4. The van der Waals surface area contributed by atoms with Crippen molar-refractivity contribution in [1.82, 2.24) is 9.80 Å². The molecule has 38 heavy (non-hydrogen) atoms. The Labute approximate surface area is 222 Å². The quantitative estimate of drug-likeness (QED) is 0.417. The number of aliphatic hydroxyl groups excluding tert-OH is 1. The molecule has 1 saturated heterocycles. The van der Waals surface area contributed by atoms with Gasteiger partial charge in [-0.1, -0.05) is 66.7 Å². The van der Waals surface area contributed by atoms with Gasteiger partial charge in [-0.3, -0.25) is 14.5 Å². The van der Waals surface area contributed by atoms with Gasteiger partial charge in [0.25, 0.3) is 5.91 Å². The van der Waals surface area contributed by atoms with Crippen molar-refractivity contribution in [3.63, 3.8) is 0 Å². The van der Waals surface area contributed by atoms with Crippen LogP contribution in [-0.2, 0) is 14.3 Å². The van der Waals surface area contributed by atoms with E-state index in [2.05, 4.69) is 4.90 Å². The van der Waals surface area contributed by atoms with E-state index in [0.29, 0.717) is 43.4 Å². The second kappa shape index (κ2) is 11.9. The predicted octanol–water partition coefficient (Wildman–Crippen LogP) is 4.79. The Hall–Kier alpha value is -4.20. The third-order valence-corrected chi connectivity index (χ3v) is 6.71. The van der Waals surface area contributed by atoms with Gasteiger partial charge >= 0.3 is 0 Å². The van der Waals surface area contributed by atoms with Crippen LogP contribution in [0.15, 0.2) is 102 Å². The highest BCUT2D eigenvalue weighted by Gasteiger charge is 2.43. The number of allylic oxidation sites excluding steroid dienone is 1. The Kier molecular flexibility index (Phi) is 7.97. The average molecular weight is 511 g/mol. The minimum Gasteiger partial charge on any atom is -0.503 e. The van der Waals surface area contributed by atoms with E-state index in [1.807, 2.05) is 84.9 Å². The number of amides is 1. The summed E-state index contributed by atoms with van der Waals surface area (Å²) in [6, 6.07) is 25.4. The van der Waals surface area contributed by atoms with E-state index in [1.54, 1.807) is 11.0 Å². The van der Waals surface area contributed by atoms with Crippen molar-refractivity contribution in [1.29, 1.82) is 0 Å². The van der Waals surface area contributed by atoms with Crippen molar-refractivity contribution < 1.29 is 24.2 Å². The highest BCUT2D eigenvalue weighted by atomic mass is 16.5. The SMILES string of the molecule is O=C(C=Cc1ccccc1)C1=C(O)C(=O)N(CCN2CCOCC2)C1c1cccc(Oc2ccccc2)c1. The predicted molar refractivity (Wildman–Crippen MR) is 145 cm³/mol. The summed E-state index contributed by atoms with van der Waals surface area (Å²) in [5, 5.41) is 10.9. The minimum atomic E-state index is -0.740. The number of ketones is 1. The molecule has 0 aliphatic carbocycles. The molecule has 1 atom stereocenters.